The summed E-state index contributed by atoms with van der Waals surface area (Å²) in [6.07, 6.45) is 11.3. The van der Waals surface area contributed by atoms with Gasteiger partial charge < -0.3 is 4.74 Å². The van der Waals surface area contributed by atoms with Crippen LogP contribution in [0.3, 0.4) is 0 Å². The predicted molar refractivity (Wildman–Crippen MR) is 107 cm³/mol. The van der Waals surface area contributed by atoms with Crippen LogP contribution in [0.25, 0.3) is 0 Å². The Morgan fingerprint density at radius 3 is 2.58 bits per heavy atom. The summed E-state index contributed by atoms with van der Waals surface area (Å²) in [5.41, 5.74) is 2.39. The third-order valence-electron chi connectivity index (χ3n) is 5.07. The Bertz CT molecular complexity index is 542. The van der Waals surface area contributed by atoms with Crippen molar-refractivity contribution in [1.29, 1.82) is 0 Å². The van der Waals surface area contributed by atoms with E-state index in [0.29, 0.717) is 0 Å². The van der Waals surface area contributed by atoms with Gasteiger partial charge >= 0.3 is 0 Å². The average molecular weight is 341 g/mol. The summed E-state index contributed by atoms with van der Waals surface area (Å²) in [6.45, 7) is 3.04. The number of benzene rings is 1. The van der Waals surface area contributed by atoms with E-state index in [2.05, 4.69) is 55.2 Å². The molecule has 0 aromatic heterocycles. The Labute approximate surface area is 150 Å². The lowest BCUT2D eigenvalue weighted by atomic mass is 10.0. The molecule has 1 aromatic carbocycles. The van der Waals surface area contributed by atoms with Gasteiger partial charge in [0.05, 0.1) is 0 Å². The molecule has 0 bridgehead atoms. The summed E-state index contributed by atoms with van der Waals surface area (Å²) in [5, 5.41) is 0. The first-order valence-electron chi connectivity index (χ1n) is 9.51. The third kappa shape index (κ3) is 7.51. The molecule has 0 unspecified atom stereocenters. The van der Waals surface area contributed by atoms with Crippen molar-refractivity contribution in [3.63, 3.8) is 0 Å². The summed E-state index contributed by atoms with van der Waals surface area (Å²) >= 11 is 0. The number of ether oxygens (including phenoxy) is 1. The summed E-state index contributed by atoms with van der Waals surface area (Å²) in [7, 11) is 1.38. The summed E-state index contributed by atoms with van der Waals surface area (Å²) < 4.78 is 5.12. The van der Waals surface area contributed by atoms with E-state index in [0.717, 1.165) is 18.1 Å². The molecule has 130 valence electrons. The van der Waals surface area contributed by atoms with Gasteiger partial charge in [-0.3, -0.25) is 0 Å². The van der Waals surface area contributed by atoms with Crippen LogP contribution in [0.4, 0.5) is 0 Å². The molecule has 1 heterocycles. The lowest BCUT2D eigenvalue weighted by Crippen LogP contribution is -2.20. The number of unbranched alkanes of at least 4 members (excludes halogenated alkanes) is 2. The van der Waals surface area contributed by atoms with Crippen LogP contribution in [0.1, 0.15) is 43.2 Å². The normalized spacial score (nSPS) is 20.8. The highest BCUT2D eigenvalue weighted by molar-refractivity contribution is 6.58. The van der Waals surface area contributed by atoms with E-state index in [1.54, 1.807) is 13.2 Å². The van der Waals surface area contributed by atoms with Gasteiger partial charge in [-0.25, -0.2) is 0 Å². The molecule has 1 aromatic rings. The topological polar surface area (TPSA) is 9.23 Å². The van der Waals surface area contributed by atoms with Gasteiger partial charge in [0.2, 0.25) is 0 Å². The Morgan fingerprint density at radius 1 is 1.12 bits per heavy atom. The van der Waals surface area contributed by atoms with Crippen LogP contribution in [0, 0.1) is 24.7 Å². The molecule has 1 saturated heterocycles. The second-order valence-corrected chi connectivity index (χ2v) is 10.6. The number of methoxy groups -OCH3 is 1. The summed E-state index contributed by atoms with van der Waals surface area (Å²) in [4.78, 5) is 0. The first-order valence-corrected chi connectivity index (χ1v) is 12.0. The lowest BCUT2D eigenvalue weighted by molar-refractivity contribution is 0.192. The molecule has 2 heteroatoms. The van der Waals surface area contributed by atoms with Gasteiger partial charge in [0, 0.05) is 28.1 Å². The maximum atomic E-state index is 5.12. The molecule has 1 nitrogen and oxygen atoms in total. The first-order chi connectivity index (χ1) is 11.8. The van der Waals surface area contributed by atoms with Crippen LogP contribution < -0.4 is 0 Å². The molecule has 0 amide bonds. The average Bonchev–Trinajstić information content (AvgIpc) is 2.61. The second kappa shape index (κ2) is 11.3. The van der Waals surface area contributed by atoms with Crippen LogP contribution in [-0.2, 0) is 4.74 Å². The van der Waals surface area contributed by atoms with Crippen molar-refractivity contribution in [2.75, 3.05) is 13.7 Å². The fourth-order valence-electron chi connectivity index (χ4n) is 3.47. The van der Waals surface area contributed by atoms with Crippen LogP contribution in [0.15, 0.2) is 36.4 Å². The lowest BCUT2D eigenvalue weighted by Gasteiger charge is -2.25. The number of hydrogen-bond donors (Lipinski definition) is 0. The van der Waals surface area contributed by atoms with Gasteiger partial charge in [-0.05, 0) is 50.3 Å². The van der Waals surface area contributed by atoms with E-state index in [-0.39, 0.29) is 0 Å². The van der Waals surface area contributed by atoms with Gasteiger partial charge in [0.1, 0.15) is 0 Å². The molecule has 1 aliphatic rings. The number of rotatable bonds is 7. The second-order valence-electron chi connectivity index (χ2n) is 7.12. The van der Waals surface area contributed by atoms with Crippen LogP contribution >= 0.6 is 0 Å². The smallest absolute Gasteiger partial charge is 0.0462 e. The molecule has 1 aliphatic heterocycles. The minimum absolute atomic E-state index is 0.422. The van der Waals surface area contributed by atoms with Gasteiger partial charge in [-0.1, -0.05) is 66.6 Å². The molecule has 0 radical (unpaired) electrons. The van der Waals surface area contributed by atoms with Crippen molar-refractivity contribution in [2.45, 2.75) is 57.2 Å². The molecular weight excluding hydrogens is 308 g/mol. The number of allylic oxidation sites excluding steroid dienone is 2. The van der Waals surface area contributed by atoms with Gasteiger partial charge in [-0.15, -0.1) is 0 Å². The zero-order valence-corrected chi connectivity index (χ0v) is 16.5. The van der Waals surface area contributed by atoms with Crippen molar-refractivity contribution >= 4 is 8.80 Å². The summed E-state index contributed by atoms with van der Waals surface area (Å²) in [6, 6.07) is 13.0. The molecule has 0 N–H and O–H groups in total. The molecule has 0 spiro atoms. The Balaban J connectivity index is 1.63. The van der Waals surface area contributed by atoms with E-state index in [4.69, 9.17) is 4.74 Å². The van der Waals surface area contributed by atoms with Gasteiger partial charge in [0.15, 0.2) is 0 Å². The molecule has 0 saturated carbocycles. The highest BCUT2D eigenvalue weighted by atomic mass is 28.3. The SMILES string of the molecule is COCCCCC[Si@H]1CC[C@H](C=CC#Cc2ccc(C)cc2)CC1. The zero-order chi connectivity index (χ0) is 17.0. The minimum atomic E-state index is -0.422. The Kier molecular flexibility index (Phi) is 8.95. The molecule has 0 atom stereocenters. The largest absolute Gasteiger partial charge is 0.385 e. The Morgan fingerprint density at radius 2 is 1.88 bits per heavy atom. The monoisotopic (exact) mass is 340 g/mol. The van der Waals surface area contributed by atoms with Crippen molar-refractivity contribution in [1.82, 2.24) is 0 Å². The van der Waals surface area contributed by atoms with Gasteiger partial charge in [0.25, 0.3) is 0 Å². The standard InChI is InChI=1S/C22H32OSi/c1-20-10-12-21(13-11-20)8-4-5-9-22-14-18-24(19-15-22)17-7-3-6-16-23-2/h5,9-13,22,24H,3,6-7,14-19H2,1-2H3/t22-,24-. The van der Waals surface area contributed by atoms with Crippen LogP contribution in [0.2, 0.25) is 18.1 Å². The highest BCUT2D eigenvalue weighted by Gasteiger charge is 2.19. The number of aryl methyl sites for hydroxylation is 1. The quantitative estimate of drug-likeness (QED) is 0.369. The van der Waals surface area contributed by atoms with Crippen molar-refractivity contribution in [3.8, 4) is 11.8 Å². The fourth-order valence-corrected chi connectivity index (χ4v) is 7.00. The highest BCUT2D eigenvalue weighted by Crippen LogP contribution is 2.28. The molecule has 2 rings (SSSR count). The summed E-state index contributed by atoms with van der Waals surface area (Å²) in [5.74, 6) is 7.20. The molecule has 0 aliphatic carbocycles. The molecular formula is C22H32OSi. The maximum absolute atomic E-state index is 5.12. The van der Waals surface area contributed by atoms with Crippen LogP contribution in [-0.4, -0.2) is 22.5 Å². The molecule has 1 fully saturated rings. The first kappa shape index (κ1) is 19.0. The van der Waals surface area contributed by atoms with Crippen molar-refractivity contribution in [3.05, 3.63) is 47.5 Å². The molecule has 24 heavy (non-hydrogen) atoms. The van der Waals surface area contributed by atoms with E-state index in [1.165, 1.54) is 49.8 Å². The maximum Gasteiger partial charge on any atom is 0.0462 e. The van der Waals surface area contributed by atoms with E-state index in [9.17, 15) is 0 Å². The van der Waals surface area contributed by atoms with Gasteiger partial charge in [-0.2, -0.15) is 0 Å². The van der Waals surface area contributed by atoms with Crippen molar-refractivity contribution in [2.24, 2.45) is 5.92 Å². The fraction of sp³-hybridized carbons (Fsp3) is 0.545. The van der Waals surface area contributed by atoms with E-state index < -0.39 is 8.80 Å². The minimum Gasteiger partial charge on any atom is -0.385 e. The van der Waals surface area contributed by atoms with Crippen LogP contribution in [0.5, 0.6) is 0 Å². The zero-order valence-electron chi connectivity index (χ0n) is 15.4. The van der Waals surface area contributed by atoms with Crippen molar-refractivity contribution < 1.29 is 4.74 Å². The van der Waals surface area contributed by atoms with E-state index >= 15 is 0 Å². The number of hydrogen-bond acceptors (Lipinski definition) is 1. The van der Waals surface area contributed by atoms with E-state index in [1.807, 2.05) is 0 Å². The predicted octanol–water partition coefficient (Wildman–Crippen LogP) is 5.36. The third-order valence-corrected chi connectivity index (χ3v) is 8.60. The Hall–Kier alpha value is -1.30.